The van der Waals surface area contributed by atoms with Crippen molar-refractivity contribution in [3.8, 4) is 0 Å². The average molecular weight is 355 g/mol. The third-order valence-electron chi connectivity index (χ3n) is 4.27. The third kappa shape index (κ3) is 8.16. The molecule has 0 N–H and O–H groups in total. The third-order valence-corrected chi connectivity index (χ3v) is 4.27. The number of rotatable bonds is 9. The van der Waals surface area contributed by atoms with Crippen molar-refractivity contribution in [3.05, 3.63) is 71.3 Å². The second-order valence-electron chi connectivity index (χ2n) is 8.55. The first kappa shape index (κ1) is 20.7. The van der Waals surface area contributed by atoms with E-state index in [4.69, 9.17) is 9.47 Å². The molecule has 0 aromatic heterocycles. The molecule has 0 radical (unpaired) electrons. The van der Waals surface area contributed by atoms with E-state index in [0.717, 1.165) is 32.5 Å². The van der Waals surface area contributed by atoms with Crippen molar-refractivity contribution < 1.29 is 9.47 Å². The Kier molecular flexibility index (Phi) is 7.43. The van der Waals surface area contributed by atoms with Gasteiger partial charge in [-0.1, -0.05) is 54.6 Å². The monoisotopic (exact) mass is 354 g/mol. The Morgan fingerprint density at radius 2 is 1.23 bits per heavy atom. The molecule has 2 nitrogen and oxygen atoms in total. The van der Waals surface area contributed by atoms with E-state index in [1.54, 1.807) is 0 Å². The maximum absolute atomic E-state index is 6.18. The minimum Gasteiger partial charge on any atom is -0.376 e. The van der Waals surface area contributed by atoms with Gasteiger partial charge in [0.1, 0.15) is 0 Å². The number of hydrogen-bond donors (Lipinski definition) is 0. The van der Waals surface area contributed by atoms with Gasteiger partial charge in [0, 0.05) is 6.42 Å². The molecule has 142 valence electrons. The molecule has 0 aliphatic rings. The van der Waals surface area contributed by atoms with Crippen LogP contribution in [0.4, 0.5) is 0 Å². The zero-order valence-corrected chi connectivity index (χ0v) is 17.0. The highest BCUT2D eigenvalue weighted by molar-refractivity contribution is 5.25. The summed E-state index contributed by atoms with van der Waals surface area (Å²) in [4.78, 5) is 0. The SMILES string of the molecule is CC(C)(C)OCCc1cccc(CC(C)(C)OCCc2ccccc2)c1. The van der Waals surface area contributed by atoms with Crippen molar-refractivity contribution in [3.63, 3.8) is 0 Å². The highest BCUT2D eigenvalue weighted by atomic mass is 16.5. The molecule has 0 aliphatic heterocycles. The molecule has 0 aliphatic carbocycles. The molecule has 26 heavy (non-hydrogen) atoms. The van der Waals surface area contributed by atoms with E-state index >= 15 is 0 Å². The second kappa shape index (κ2) is 9.34. The first-order valence-electron chi connectivity index (χ1n) is 9.63. The molecular weight excluding hydrogens is 320 g/mol. The Morgan fingerprint density at radius 1 is 0.654 bits per heavy atom. The van der Waals surface area contributed by atoms with E-state index in [1.165, 1.54) is 16.7 Å². The van der Waals surface area contributed by atoms with Gasteiger partial charge >= 0.3 is 0 Å². The lowest BCUT2D eigenvalue weighted by Crippen LogP contribution is -2.28. The largest absolute Gasteiger partial charge is 0.376 e. The molecule has 2 heteroatoms. The van der Waals surface area contributed by atoms with Crippen LogP contribution < -0.4 is 0 Å². The first-order chi connectivity index (χ1) is 12.2. The molecule has 2 aromatic carbocycles. The molecule has 0 atom stereocenters. The Hall–Kier alpha value is -1.64. The fraction of sp³-hybridized carbons (Fsp3) is 0.500. The molecule has 0 saturated carbocycles. The van der Waals surface area contributed by atoms with Crippen molar-refractivity contribution in [2.75, 3.05) is 13.2 Å². The smallest absolute Gasteiger partial charge is 0.0666 e. The van der Waals surface area contributed by atoms with Gasteiger partial charge < -0.3 is 9.47 Å². The molecule has 2 aromatic rings. The van der Waals surface area contributed by atoms with Gasteiger partial charge in [-0.15, -0.1) is 0 Å². The van der Waals surface area contributed by atoms with Gasteiger partial charge in [0.25, 0.3) is 0 Å². The summed E-state index contributed by atoms with van der Waals surface area (Å²) >= 11 is 0. The van der Waals surface area contributed by atoms with Crippen LogP contribution in [-0.2, 0) is 28.7 Å². The lowest BCUT2D eigenvalue weighted by Gasteiger charge is -2.26. The quantitative estimate of drug-likeness (QED) is 0.581. The van der Waals surface area contributed by atoms with Crippen LogP contribution in [0, 0.1) is 0 Å². The van der Waals surface area contributed by atoms with E-state index in [1.807, 2.05) is 6.07 Å². The standard InChI is InChI=1S/C24H34O2/c1-23(2,3)25-16-15-21-12-9-13-22(18-21)19-24(4,5)26-17-14-20-10-7-6-8-11-20/h6-13,18H,14-17,19H2,1-5H3. The predicted molar refractivity (Wildman–Crippen MR) is 110 cm³/mol. The highest BCUT2D eigenvalue weighted by Crippen LogP contribution is 2.19. The first-order valence-corrected chi connectivity index (χ1v) is 9.63. The summed E-state index contributed by atoms with van der Waals surface area (Å²) in [5.41, 5.74) is 3.72. The summed E-state index contributed by atoms with van der Waals surface area (Å²) in [6.07, 6.45) is 2.81. The van der Waals surface area contributed by atoms with Crippen molar-refractivity contribution in [1.29, 1.82) is 0 Å². The van der Waals surface area contributed by atoms with Gasteiger partial charge in [0.05, 0.1) is 24.4 Å². The fourth-order valence-corrected chi connectivity index (χ4v) is 3.00. The normalized spacial score (nSPS) is 12.3. The van der Waals surface area contributed by atoms with Crippen LogP contribution in [0.5, 0.6) is 0 Å². The summed E-state index contributed by atoms with van der Waals surface area (Å²) in [6, 6.07) is 19.3. The molecule has 0 fully saturated rings. The van der Waals surface area contributed by atoms with Crippen molar-refractivity contribution in [2.24, 2.45) is 0 Å². The summed E-state index contributed by atoms with van der Waals surface area (Å²) < 4.78 is 12.0. The summed E-state index contributed by atoms with van der Waals surface area (Å²) in [5.74, 6) is 0. The van der Waals surface area contributed by atoms with E-state index in [-0.39, 0.29) is 11.2 Å². The minimum absolute atomic E-state index is 0.0772. The van der Waals surface area contributed by atoms with E-state index < -0.39 is 0 Å². The second-order valence-corrected chi connectivity index (χ2v) is 8.55. The van der Waals surface area contributed by atoms with E-state index in [2.05, 4.69) is 83.1 Å². The Morgan fingerprint density at radius 3 is 1.92 bits per heavy atom. The van der Waals surface area contributed by atoms with E-state index in [9.17, 15) is 0 Å². The van der Waals surface area contributed by atoms with Crippen LogP contribution >= 0.6 is 0 Å². The molecule has 0 spiro atoms. The number of hydrogen-bond acceptors (Lipinski definition) is 2. The predicted octanol–water partition coefficient (Wildman–Crippen LogP) is 5.62. The van der Waals surface area contributed by atoms with Crippen LogP contribution in [0.1, 0.15) is 51.3 Å². The molecule has 0 heterocycles. The van der Waals surface area contributed by atoms with Gasteiger partial charge in [0.15, 0.2) is 0 Å². The Labute approximate surface area is 159 Å². The van der Waals surface area contributed by atoms with Gasteiger partial charge in [-0.3, -0.25) is 0 Å². The van der Waals surface area contributed by atoms with Gasteiger partial charge in [-0.05, 0) is 64.2 Å². The lowest BCUT2D eigenvalue weighted by atomic mass is 9.96. The van der Waals surface area contributed by atoms with Crippen LogP contribution in [0.2, 0.25) is 0 Å². The Bertz CT molecular complexity index is 653. The molecule has 2 rings (SSSR count). The van der Waals surface area contributed by atoms with Crippen LogP contribution in [0.3, 0.4) is 0 Å². The number of benzene rings is 2. The molecule has 0 saturated heterocycles. The summed E-state index contributed by atoms with van der Waals surface area (Å²) in [5, 5.41) is 0. The molecule has 0 bridgehead atoms. The summed E-state index contributed by atoms with van der Waals surface area (Å²) in [6.45, 7) is 12.1. The minimum atomic E-state index is -0.171. The maximum Gasteiger partial charge on any atom is 0.0666 e. The molecular formula is C24H34O2. The number of ether oxygens (including phenoxy) is 2. The topological polar surface area (TPSA) is 18.5 Å². The van der Waals surface area contributed by atoms with Gasteiger partial charge in [-0.2, -0.15) is 0 Å². The zero-order valence-electron chi connectivity index (χ0n) is 17.0. The summed E-state index contributed by atoms with van der Waals surface area (Å²) in [7, 11) is 0. The van der Waals surface area contributed by atoms with Crippen LogP contribution in [-0.4, -0.2) is 24.4 Å². The van der Waals surface area contributed by atoms with Gasteiger partial charge in [-0.25, -0.2) is 0 Å². The molecule has 0 amide bonds. The van der Waals surface area contributed by atoms with Crippen LogP contribution in [0.15, 0.2) is 54.6 Å². The zero-order chi connectivity index (χ0) is 19.0. The van der Waals surface area contributed by atoms with Crippen LogP contribution in [0.25, 0.3) is 0 Å². The maximum atomic E-state index is 6.18. The van der Waals surface area contributed by atoms with Crippen molar-refractivity contribution in [2.45, 2.75) is 65.1 Å². The van der Waals surface area contributed by atoms with E-state index in [0.29, 0.717) is 0 Å². The van der Waals surface area contributed by atoms with Crippen molar-refractivity contribution >= 4 is 0 Å². The lowest BCUT2D eigenvalue weighted by molar-refractivity contribution is -0.0152. The van der Waals surface area contributed by atoms with Crippen molar-refractivity contribution in [1.82, 2.24) is 0 Å². The van der Waals surface area contributed by atoms with Gasteiger partial charge in [0.2, 0.25) is 0 Å². The highest BCUT2D eigenvalue weighted by Gasteiger charge is 2.19. The molecule has 0 unspecified atom stereocenters. The average Bonchev–Trinajstić information content (AvgIpc) is 2.54. The Balaban J connectivity index is 1.83. The fourth-order valence-electron chi connectivity index (χ4n) is 3.00.